The van der Waals surface area contributed by atoms with Crippen LogP contribution in [-0.4, -0.2) is 21.0 Å². The highest BCUT2D eigenvalue weighted by Crippen LogP contribution is 2.66. The summed E-state index contributed by atoms with van der Waals surface area (Å²) < 4.78 is 1.85. The first-order valence-electron chi connectivity index (χ1n) is 11.3. The molecule has 5 rings (SSSR count). The topological polar surface area (TPSA) is 38.0 Å². The Balaban J connectivity index is 1.45. The predicted molar refractivity (Wildman–Crippen MR) is 109 cm³/mol. The zero-order valence-corrected chi connectivity index (χ0v) is 17.3. The smallest absolute Gasteiger partial charge is 0.0809 e. The molecule has 0 aliphatic heterocycles. The van der Waals surface area contributed by atoms with Crippen LogP contribution >= 0.6 is 0 Å². The Morgan fingerprint density at radius 2 is 1.93 bits per heavy atom. The van der Waals surface area contributed by atoms with Gasteiger partial charge in [-0.25, -0.2) is 0 Å². The molecule has 0 spiro atoms. The number of nitrogens with zero attached hydrogens (tertiary/aromatic N) is 2. The lowest BCUT2D eigenvalue weighted by atomic mass is 9.45. The summed E-state index contributed by atoms with van der Waals surface area (Å²) in [5, 5.41) is 15.6. The van der Waals surface area contributed by atoms with E-state index in [0.29, 0.717) is 11.3 Å². The monoisotopic (exact) mass is 368 g/mol. The maximum Gasteiger partial charge on any atom is 0.0809 e. The molecule has 1 aromatic rings. The van der Waals surface area contributed by atoms with Crippen molar-refractivity contribution in [2.75, 3.05) is 0 Å². The lowest BCUT2D eigenvalue weighted by Crippen LogP contribution is -2.53. The summed E-state index contributed by atoms with van der Waals surface area (Å²) in [6.45, 7) is 5.02. The molecule has 3 heteroatoms. The van der Waals surface area contributed by atoms with E-state index in [0.717, 1.165) is 29.7 Å². The van der Waals surface area contributed by atoms with Crippen molar-refractivity contribution in [1.29, 1.82) is 0 Å². The summed E-state index contributed by atoms with van der Waals surface area (Å²) in [5.74, 6) is 3.33. The minimum Gasteiger partial charge on any atom is -0.388 e. The van der Waals surface area contributed by atoms with Crippen LogP contribution < -0.4 is 0 Å². The summed E-state index contributed by atoms with van der Waals surface area (Å²) in [4.78, 5) is 0. The molecule has 4 aliphatic carbocycles. The van der Waals surface area contributed by atoms with Gasteiger partial charge in [-0.15, -0.1) is 0 Å². The molecule has 0 radical (unpaired) electrons. The zero-order chi connectivity index (χ0) is 18.8. The normalized spacial score (nSPS) is 48.1. The lowest BCUT2D eigenvalue weighted by Gasteiger charge is -2.60. The Morgan fingerprint density at radius 3 is 2.70 bits per heavy atom. The third-order valence-corrected chi connectivity index (χ3v) is 9.53. The first kappa shape index (κ1) is 18.0. The maximum absolute atomic E-state index is 11.3. The van der Waals surface area contributed by atoms with Gasteiger partial charge in [0.05, 0.1) is 12.3 Å². The molecular weight excluding hydrogens is 332 g/mol. The Hall–Kier alpha value is -1.09. The van der Waals surface area contributed by atoms with Crippen molar-refractivity contribution < 1.29 is 5.11 Å². The highest BCUT2D eigenvalue weighted by molar-refractivity contribution is 5.54. The molecule has 7 atom stereocenters. The zero-order valence-electron chi connectivity index (χ0n) is 17.3. The van der Waals surface area contributed by atoms with Gasteiger partial charge in [0, 0.05) is 24.2 Å². The largest absolute Gasteiger partial charge is 0.388 e. The Bertz CT molecular complexity index is 751. The van der Waals surface area contributed by atoms with Gasteiger partial charge >= 0.3 is 0 Å². The van der Waals surface area contributed by atoms with Crippen LogP contribution in [0.25, 0.3) is 6.08 Å². The fourth-order valence-electron chi connectivity index (χ4n) is 8.02. The van der Waals surface area contributed by atoms with E-state index in [4.69, 9.17) is 0 Å². The Morgan fingerprint density at radius 1 is 1.07 bits per heavy atom. The second-order valence-electron chi connectivity index (χ2n) is 10.7. The number of aryl methyl sites for hydroxylation is 1. The van der Waals surface area contributed by atoms with Crippen molar-refractivity contribution >= 4 is 6.08 Å². The number of hydrogen-bond donors (Lipinski definition) is 1. The van der Waals surface area contributed by atoms with Crippen molar-refractivity contribution in [2.24, 2.45) is 41.5 Å². The number of hydrogen-bond acceptors (Lipinski definition) is 2. The van der Waals surface area contributed by atoms with E-state index in [9.17, 15) is 5.11 Å². The molecule has 4 aliphatic rings. The van der Waals surface area contributed by atoms with Crippen molar-refractivity contribution in [3.8, 4) is 0 Å². The quantitative estimate of drug-likeness (QED) is 0.739. The number of aliphatic hydroxyl groups excluding tert-OH is 1. The summed E-state index contributed by atoms with van der Waals surface area (Å²) in [5.41, 5.74) is 3.04. The third kappa shape index (κ3) is 2.60. The highest BCUT2D eigenvalue weighted by atomic mass is 16.3. The minimum atomic E-state index is -0.277. The van der Waals surface area contributed by atoms with E-state index in [1.165, 1.54) is 56.9 Å². The van der Waals surface area contributed by atoms with Crippen LogP contribution in [0.3, 0.4) is 0 Å². The van der Waals surface area contributed by atoms with Gasteiger partial charge in [0.2, 0.25) is 0 Å². The van der Waals surface area contributed by atoms with E-state index in [1.807, 2.05) is 17.9 Å². The standard InChI is InChI=1S/C24H36N2O/c1-23-10-5-4-6-18(23)7-8-19-20(23)9-11-24(2)21(19)13-17(22(24)27)12-16-14-25-26(3)15-16/h12,14-15,18-22,27H,4-11,13H2,1-3H3/b17-12-/t18-,19-,20+,21+,22-,23+,24+/m1/s1. The molecule has 1 aromatic heterocycles. The third-order valence-electron chi connectivity index (χ3n) is 9.53. The average Bonchev–Trinajstić information content (AvgIpc) is 3.16. The molecular formula is C24H36N2O. The van der Waals surface area contributed by atoms with E-state index < -0.39 is 0 Å². The molecule has 4 fully saturated rings. The van der Waals surface area contributed by atoms with Crippen LogP contribution in [-0.2, 0) is 7.05 Å². The molecule has 1 N–H and O–H groups in total. The van der Waals surface area contributed by atoms with Gasteiger partial charge in [-0.1, -0.05) is 32.8 Å². The fraction of sp³-hybridized carbons (Fsp3) is 0.792. The van der Waals surface area contributed by atoms with Gasteiger partial charge in [-0.2, -0.15) is 5.10 Å². The molecule has 148 valence electrons. The number of rotatable bonds is 1. The molecule has 0 saturated heterocycles. The second-order valence-corrected chi connectivity index (χ2v) is 10.7. The van der Waals surface area contributed by atoms with Crippen LogP contribution in [0.2, 0.25) is 0 Å². The van der Waals surface area contributed by atoms with Gasteiger partial charge < -0.3 is 5.11 Å². The van der Waals surface area contributed by atoms with Crippen LogP contribution in [0.1, 0.15) is 77.2 Å². The molecule has 1 heterocycles. The van der Waals surface area contributed by atoms with E-state index in [-0.39, 0.29) is 11.5 Å². The summed E-state index contributed by atoms with van der Waals surface area (Å²) >= 11 is 0. The lowest BCUT2D eigenvalue weighted by molar-refractivity contribution is -0.119. The first-order chi connectivity index (χ1) is 12.9. The molecule has 3 nitrogen and oxygen atoms in total. The first-order valence-corrected chi connectivity index (χ1v) is 11.3. The molecule has 0 amide bonds. The average molecular weight is 369 g/mol. The maximum atomic E-state index is 11.3. The van der Waals surface area contributed by atoms with Crippen LogP contribution in [0, 0.1) is 34.5 Å². The fourth-order valence-corrected chi connectivity index (χ4v) is 8.02. The molecule has 0 aromatic carbocycles. The van der Waals surface area contributed by atoms with Crippen LogP contribution in [0.4, 0.5) is 0 Å². The highest BCUT2D eigenvalue weighted by Gasteiger charge is 2.60. The Kier molecular flexibility index (Phi) is 4.13. The SMILES string of the molecule is Cn1cc(/C=C2/C[C@H]3[C@@H]4CC[C@H]5CCCC[C@]5(C)[C@H]4CC[C@]3(C)[C@@H]2O)cn1. The Labute approximate surface area is 164 Å². The van der Waals surface area contributed by atoms with Gasteiger partial charge in [-0.05, 0) is 79.6 Å². The number of aromatic nitrogens is 2. The predicted octanol–water partition coefficient (Wildman–Crippen LogP) is 5.21. The number of fused-ring (bicyclic) bond motifs is 5. The van der Waals surface area contributed by atoms with E-state index in [1.54, 1.807) is 0 Å². The summed E-state index contributed by atoms with van der Waals surface area (Å²) in [6.07, 6.45) is 18.2. The minimum absolute atomic E-state index is 0.0765. The van der Waals surface area contributed by atoms with Gasteiger partial charge in [0.15, 0.2) is 0 Å². The van der Waals surface area contributed by atoms with Crippen LogP contribution in [0.15, 0.2) is 18.0 Å². The van der Waals surface area contributed by atoms with Crippen molar-refractivity contribution in [1.82, 2.24) is 9.78 Å². The van der Waals surface area contributed by atoms with Gasteiger partial charge in [0.1, 0.15) is 0 Å². The van der Waals surface area contributed by atoms with Crippen molar-refractivity contribution in [3.63, 3.8) is 0 Å². The molecule has 0 unspecified atom stereocenters. The van der Waals surface area contributed by atoms with E-state index in [2.05, 4.69) is 31.2 Å². The summed E-state index contributed by atoms with van der Waals surface area (Å²) in [6, 6.07) is 0. The second kappa shape index (κ2) is 6.20. The van der Waals surface area contributed by atoms with Gasteiger partial charge in [0.25, 0.3) is 0 Å². The van der Waals surface area contributed by atoms with E-state index >= 15 is 0 Å². The molecule has 0 bridgehead atoms. The van der Waals surface area contributed by atoms with Gasteiger partial charge in [-0.3, -0.25) is 4.68 Å². The van der Waals surface area contributed by atoms with Crippen molar-refractivity contribution in [2.45, 2.75) is 77.7 Å². The molecule has 4 saturated carbocycles. The molecule has 27 heavy (non-hydrogen) atoms. The number of aliphatic hydroxyl groups is 1. The van der Waals surface area contributed by atoms with Crippen LogP contribution in [0.5, 0.6) is 0 Å². The summed E-state index contributed by atoms with van der Waals surface area (Å²) in [7, 11) is 1.96. The van der Waals surface area contributed by atoms with Crippen molar-refractivity contribution in [3.05, 3.63) is 23.5 Å².